The van der Waals surface area contributed by atoms with Crippen LogP contribution in [0.15, 0.2) is 66.1 Å². The van der Waals surface area contributed by atoms with E-state index in [4.69, 9.17) is 0 Å². The van der Waals surface area contributed by atoms with Crippen LogP contribution < -0.4 is 5.32 Å². The maximum Gasteiger partial charge on any atom is 0.337 e. The van der Waals surface area contributed by atoms with Gasteiger partial charge in [0, 0.05) is 23.8 Å². The number of rotatable bonds is 6. The van der Waals surface area contributed by atoms with E-state index in [-0.39, 0.29) is 11.7 Å². The molecular formula is C20H19N3O3S. The van der Waals surface area contributed by atoms with Gasteiger partial charge in [0.1, 0.15) is 0 Å². The van der Waals surface area contributed by atoms with E-state index in [1.54, 1.807) is 30.5 Å². The lowest BCUT2D eigenvalue weighted by molar-refractivity contribution is -0.113. The minimum Gasteiger partial charge on any atom is -0.465 e. The summed E-state index contributed by atoms with van der Waals surface area (Å²) >= 11 is 1.34. The van der Waals surface area contributed by atoms with Gasteiger partial charge in [-0.05, 0) is 42.8 Å². The van der Waals surface area contributed by atoms with Gasteiger partial charge in [-0.3, -0.25) is 9.36 Å². The van der Waals surface area contributed by atoms with Gasteiger partial charge in [-0.1, -0.05) is 30.0 Å². The summed E-state index contributed by atoms with van der Waals surface area (Å²) in [4.78, 5) is 28.2. The molecule has 0 unspecified atom stereocenters. The number of hydrogen-bond donors (Lipinski definition) is 1. The van der Waals surface area contributed by atoms with Crippen molar-refractivity contribution in [1.29, 1.82) is 0 Å². The van der Waals surface area contributed by atoms with Crippen molar-refractivity contribution in [2.45, 2.75) is 12.1 Å². The smallest absolute Gasteiger partial charge is 0.337 e. The lowest BCUT2D eigenvalue weighted by atomic mass is 10.2. The third-order valence-corrected chi connectivity index (χ3v) is 4.75. The van der Waals surface area contributed by atoms with Gasteiger partial charge in [0.05, 0.1) is 18.4 Å². The minimum atomic E-state index is -0.444. The first-order chi connectivity index (χ1) is 13.1. The number of esters is 1. The number of carbonyl (C=O) groups is 2. The van der Waals surface area contributed by atoms with Gasteiger partial charge >= 0.3 is 5.97 Å². The molecule has 0 spiro atoms. The van der Waals surface area contributed by atoms with E-state index >= 15 is 0 Å². The molecular weight excluding hydrogens is 362 g/mol. The van der Waals surface area contributed by atoms with Crippen molar-refractivity contribution >= 4 is 29.3 Å². The number of amides is 1. The molecule has 1 amide bonds. The Bertz CT molecular complexity index is 968. The summed E-state index contributed by atoms with van der Waals surface area (Å²) in [5.41, 5.74) is 3.09. The zero-order valence-corrected chi connectivity index (χ0v) is 15.8. The van der Waals surface area contributed by atoms with Gasteiger partial charge in [-0.2, -0.15) is 0 Å². The van der Waals surface area contributed by atoms with Crippen LogP contribution in [0.25, 0.3) is 5.69 Å². The van der Waals surface area contributed by atoms with Gasteiger partial charge in [-0.25, -0.2) is 9.78 Å². The molecule has 0 aliphatic rings. The first-order valence-corrected chi connectivity index (χ1v) is 9.27. The molecule has 3 rings (SSSR count). The molecule has 1 N–H and O–H groups in total. The second kappa shape index (κ2) is 8.55. The molecule has 0 aliphatic carbocycles. The molecule has 7 heteroatoms. The number of ether oxygens (including phenoxy) is 1. The molecule has 0 radical (unpaired) electrons. The number of nitrogens with zero attached hydrogens (tertiary/aromatic N) is 2. The lowest BCUT2D eigenvalue weighted by Crippen LogP contribution is -2.15. The van der Waals surface area contributed by atoms with Crippen molar-refractivity contribution in [3.63, 3.8) is 0 Å². The van der Waals surface area contributed by atoms with Crippen LogP contribution in [-0.2, 0) is 9.53 Å². The number of anilines is 1. The molecule has 3 aromatic rings. The Morgan fingerprint density at radius 3 is 2.78 bits per heavy atom. The summed E-state index contributed by atoms with van der Waals surface area (Å²) in [5, 5.41) is 3.52. The Kier molecular flexibility index (Phi) is 5.93. The Hall–Kier alpha value is -3.06. The molecule has 0 saturated carbocycles. The second-order valence-corrected chi connectivity index (χ2v) is 6.77. The van der Waals surface area contributed by atoms with Crippen molar-refractivity contribution in [3.05, 3.63) is 72.1 Å². The SMILES string of the molecule is COC(=O)c1cccc(NC(=O)CSc2nccn2-c2cccc(C)c2)c1. The molecule has 138 valence electrons. The Morgan fingerprint density at radius 2 is 2.00 bits per heavy atom. The zero-order valence-electron chi connectivity index (χ0n) is 15.0. The molecule has 0 fully saturated rings. The summed E-state index contributed by atoms with van der Waals surface area (Å²) in [6.07, 6.45) is 3.58. The van der Waals surface area contributed by atoms with E-state index in [1.165, 1.54) is 18.9 Å². The third-order valence-electron chi connectivity index (χ3n) is 3.79. The minimum absolute atomic E-state index is 0.180. The molecule has 0 atom stereocenters. The van der Waals surface area contributed by atoms with Gasteiger partial charge in [0.25, 0.3) is 0 Å². The number of aryl methyl sites for hydroxylation is 1. The highest BCUT2D eigenvalue weighted by Crippen LogP contribution is 2.21. The topological polar surface area (TPSA) is 73.2 Å². The highest BCUT2D eigenvalue weighted by atomic mass is 32.2. The second-order valence-electron chi connectivity index (χ2n) is 5.83. The standard InChI is InChI=1S/C20H19N3O3S/c1-14-5-3-8-17(11-14)23-10-9-21-20(23)27-13-18(24)22-16-7-4-6-15(12-16)19(25)26-2/h3-12H,13H2,1-2H3,(H,22,24). The van der Waals surface area contributed by atoms with E-state index in [0.717, 1.165) is 16.4 Å². The summed E-state index contributed by atoms with van der Waals surface area (Å²) in [6, 6.07) is 14.7. The molecule has 0 aliphatic heterocycles. The van der Waals surface area contributed by atoms with Gasteiger partial charge < -0.3 is 10.1 Å². The van der Waals surface area contributed by atoms with Crippen LogP contribution in [0.5, 0.6) is 0 Å². The maximum atomic E-state index is 12.3. The Labute approximate surface area is 161 Å². The number of thioether (sulfide) groups is 1. The average Bonchev–Trinajstić information content (AvgIpc) is 3.14. The fourth-order valence-corrected chi connectivity index (χ4v) is 3.31. The van der Waals surface area contributed by atoms with Crippen molar-refractivity contribution in [3.8, 4) is 5.69 Å². The third kappa shape index (κ3) is 4.77. The van der Waals surface area contributed by atoms with Crippen molar-refractivity contribution in [2.24, 2.45) is 0 Å². The Balaban J connectivity index is 1.64. The molecule has 0 bridgehead atoms. The molecule has 27 heavy (non-hydrogen) atoms. The highest BCUT2D eigenvalue weighted by Gasteiger charge is 2.11. The number of aromatic nitrogens is 2. The Morgan fingerprint density at radius 1 is 1.19 bits per heavy atom. The van der Waals surface area contributed by atoms with Crippen LogP contribution in [0, 0.1) is 6.92 Å². The van der Waals surface area contributed by atoms with E-state index in [1.807, 2.05) is 35.9 Å². The first kappa shape index (κ1) is 18.7. The van der Waals surface area contributed by atoms with Crippen LogP contribution in [-0.4, -0.2) is 34.3 Å². The van der Waals surface area contributed by atoms with E-state index in [9.17, 15) is 9.59 Å². The van der Waals surface area contributed by atoms with Crippen molar-refractivity contribution in [2.75, 3.05) is 18.2 Å². The monoisotopic (exact) mass is 381 g/mol. The summed E-state index contributed by atoms with van der Waals surface area (Å²) in [6.45, 7) is 2.03. The summed E-state index contributed by atoms with van der Waals surface area (Å²) in [7, 11) is 1.32. The summed E-state index contributed by atoms with van der Waals surface area (Å²) < 4.78 is 6.64. The molecule has 1 heterocycles. The molecule has 6 nitrogen and oxygen atoms in total. The quantitative estimate of drug-likeness (QED) is 0.521. The van der Waals surface area contributed by atoms with Crippen LogP contribution in [0.3, 0.4) is 0 Å². The zero-order chi connectivity index (χ0) is 19.2. The average molecular weight is 381 g/mol. The van der Waals surface area contributed by atoms with Crippen LogP contribution in [0.4, 0.5) is 5.69 Å². The van der Waals surface area contributed by atoms with E-state index < -0.39 is 5.97 Å². The lowest BCUT2D eigenvalue weighted by Gasteiger charge is -2.09. The van der Waals surface area contributed by atoms with Gasteiger partial charge in [-0.15, -0.1) is 0 Å². The van der Waals surface area contributed by atoms with Crippen molar-refractivity contribution < 1.29 is 14.3 Å². The van der Waals surface area contributed by atoms with E-state index in [2.05, 4.69) is 21.1 Å². The number of benzene rings is 2. The molecule has 1 aromatic heterocycles. The van der Waals surface area contributed by atoms with Gasteiger partial charge in [0.15, 0.2) is 5.16 Å². The van der Waals surface area contributed by atoms with Crippen LogP contribution >= 0.6 is 11.8 Å². The number of hydrogen-bond acceptors (Lipinski definition) is 5. The number of imidazole rings is 1. The fourth-order valence-electron chi connectivity index (χ4n) is 2.54. The number of methoxy groups -OCH3 is 1. The number of carbonyl (C=O) groups excluding carboxylic acids is 2. The van der Waals surface area contributed by atoms with Crippen LogP contribution in [0.2, 0.25) is 0 Å². The first-order valence-electron chi connectivity index (χ1n) is 8.28. The largest absolute Gasteiger partial charge is 0.465 e. The predicted molar refractivity (Wildman–Crippen MR) is 105 cm³/mol. The predicted octanol–water partition coefficient (Wildman–Crippen LogP) is 3.70. The normalized spacial score (nSPS) is 10.4. The summed E-state index contributed by atoms with van der Waals surface area (Å²) in [5.74, 6) is -0.424. The van der Waals surface area contributed by atoms with Gasteiger partial charge in [0.2, 0.25) is 5.91 Å². The highest BCUT2D eigenvalue weighted by molar-refractivity contribution is 7.99. The molecule has 2 aromatic carbocycles. The molecule has 0 saturated heterocycles. The maximum absolute atomic E-state index is 12.3. The fraction of sp³-hybridized carbons (Fsp3) is 0.150. The van der Waals surface area contributed by atoms with Crippen LogP contribution in [0.1, 0.15) is 15.9 Å². The van der Waals surface area contributed by atoms with E-state index in [0.29, 0.717) is 11.3 Å². The number of nitrogens with one attached hydrogen (secondary N) is 1. The van der Waals surface area contributed by atoms with Crippen molar-refractivity contribution in [1.82, 2.24) is 9.55 Å².